The van der Waals surface area contributed by atoms with Crippen molar-refractivity contribution in [1.82, 2.24) is 14.6 Å². The number of hydrogen-bond donors (Lipinski definition) is 2. The van der Waals surface area contributed by atoms with Gasteiger partial charge in [0.25, 0.3) is 0 Å². The summed E-state index contributed by atoms with van der Waals surface area (Å²) in [5, 5.41) is 0.685. The van der Waals surface area contributed by atoms with E-state index in [1.807, 2.05) is 35.2 Å². The molecule has 2 saturated carbocycles. The molecule has 2 aromatic carbocycles. The lowest BCUT2D eigenvalue weighted by molar-refractivity contribution is -0.146. The van der Waals surface area contributed by atoms with Gasteiger partial charge < -0.3 is 14.6 Å². The Balaban J connectivity index is 1.13. The molecule has 2 N–H and O–H groups in total. The normalized spacial score (nSPS) is 24.4. The summed E-state index contributed by atoms with van der Waals surface area (Å²) >= 11 is 0. The molecule has 6 rings (SSSR count). The van der Waals surface area contributed by atoms with Gasteiger partial charge in [-0.2, -0.15) is 0 Å². The summed E-state index contributed by atoms with van der Waals surface area (Å²) in [7, 11) is -3.77. The molecule has 3 fully saturated rings. The van der Waals surface area contributed by atoms with Crippen LogP contribution in [0.3, 0.4) is 0 Å². The van der Waals surface area contributed by atoms with E-state index in [-0.39, 0.29) is 28.8 Å². The molecule has 1 saturated heterocycles. The van der Waals surface area contributed by atoms with E-state index in [2.05, 4.69) is 9.71 Å². The predicted octanol–water partition coefficient (Wildman–Crippen LogP) is 4.12. The van der Waals surface area contributed by atoms with Gasteiger partial charge in [0.2, 0.25) is 15.9 Å². The van der Waals surface area contributed by atoms with Gasteiger partial charge in [-0.15, -0.1) is 0 Å². The zero-order valence-corrected chi connectivity index (χ0v) is 22.1. The summed E-state index contributed by atoms with van der Waals surface area (Å²) < 4.78 is 35.1. The number of amides is 1. The van der Waals surface area contributed by atoms with Crippen LogP contribution in [0.4, 0.5) is 0 Å². The molecule has 200 valence electrons. The maximum atomic E-state index is 13.3. The molecule has 1 aliphatic heterocycles. The van der Waals surface area contributed by atoms with E-state index < -0.39 is 10.0 Å². The SMILES string of the molecule is O=Cc1c(-c2ccccc2)[nH]c2cc(S(=O)(=O)NC3CCC(C(=O)N4CCOCC4C4CC4)CC3)ccc12. The molecule has 2 heterocycles. The summed E-state index contributed by atoms with van der Waals surface area (Å²) in [4.78, 5) is 30.6. The molecule has 9 heteroatoms. The third-order valence-corrected chi connectivity index (χ3v) is 9.83. The predicted molar refractivity (Wildman–Crippen MR) is 144 cm³/mol. The van der Waals surface area contributed by atoms with Crippen LogP contribution < -0.4 is 4.72 Å². The first-order chi connectivity index (χ1) is 18.4. The monoisotopic (exact) mass is 535 g/mol. The molecular formula is C29H33N3O5S. The second-order valence-electron chi connectivity index (χ2n) is 10.8. The maximum absolute atomic E-state index is 13.3. The largest absolute Gasteiger partial charge is 0.377 e. The van der Waals surface area contributed by atoms with E-state index in [1.54, 1.807) is 18.2 Å². The molecule has 1 amide bonds. The van der Waals surface area contributed by atoms with E-state index in [9.17, 15) is 18.0 Å². The van der Waals surface area contributed by atoms with E-state index in [0.717, 1.165) is 11.8 Å². The average molecular weight is 536 g/mol. The van der Waals surface area contributed by atoms with Gasteiger partial charge in [-0.3, -0.25) is 9.59 Å². The van der Waals surface area contributed by atoms with Crippen molar-refractivity contribution >= 4 is 33.1 Å². The fourth-order valence-corrected chi connectivity index (χ4v) is 7.40. The maximum Gasteiger partial charge on any atom is 0.240 e. The molecule has 8 nitrogen and oxygen atoms in total. The molecule has 1 aromatic heterocycles. The highest BCUT2D eigenvalue weighted by atomic mass is 32.2. The molecule has 1 unspecified atom stereocenters. The highest BCUT2D eigenvalue weighted by Gasteiger charge is 2.41. The number of nitrogens with zero attached hydrogens (tertiary/aromatic N) is 1. The minimum atomic E-state index is -3.77. The number of fused-ring (bicyclic) bond motifs is 1. The van der Waals surface area contributed by atoms with Gasteiger partial charge >= 0.3 is 0 Å². The number of rotatable bonds is 7. The molecule has 0 spiro atoms. The average Bonchev–Trinajstić information content (AvgIpc) is 3.73. The topological polar surface area (TPSA) is 109 Å². The summed E-state index contributed by atoms with van der Waals surface area (Å²) in [5.74, 6) is 0.734. The third-order valence-electron chi connectivity index (χ3n) is 8.31. The third kappa shape index (κ3) is 4.90. The summed E-state index contributed by atoms with van der Waals surface area (Å²) in [6.45, 7) is 1.89. The van der Waals surface area contributed by atoms with Crippen molar-refractivity contribution in [2.75, 3.05) is 19.8 Å². The van der Waals surface area contributed by atoms with Crippen LogP contribution in [0.5, 0.6) is 0 Å². The van der Waals surface area contributed by atoms with Gasteiger partial charge in [0.15, 0.2) is 6.29 Å². The van der Waals surface area contributed by atoms with Crippen molar-refractivity contribution in [3.05, 3.63) is 54.1 Å². The second kappa shape index (κ2) is 10.3. The number of carbonyl (C=O) groups excluding carboxylic acids is 2. The quantitative estimate of drug-likeness (QED) is 0.443. The second-order valence-corrected chi connectivity index (χ2v) is 12.5. The minimum Gasteiger partial charge on any atom is -0.377 e. The highest BCUT2D eigenvalue weighted by Crippen LogP contribution is 2.38. The molecule has 2 aliphatic carbocycles. The number of nitrogens with one attached hydrogen (secondary N) is 2. The number of hydrogen-bond acceptors (Lipinski definition) is 5. The van der Waals surface area contributed by atoms with Gasteiger partial charge in [-0.25, -0.2) is 13.1 Å². The van der Waals surface area contributed by atoms with Gasteiger partial charge in [-0.1, -0.05) is 36.4 Å². The first kappa shape index (κ1) is 25.3. The van der Waals surface area contributed by atoms with Crippen molar-refractivity contribution in [1.29, 1.82) is 0 Å². The number of carbonyl (C=O) groups is 2. The summed E-state index contributed by atoms with van der Waals surface area (Å²) in [6.07, 6.45) is 5.77. The molecule has 0 radical (unpaired) electrons. The van der Waals surface area contributed by atoms with E-state index >= 15 is 0 Å². The molecular weight excluding hydrogens is 502 g/mol. The van der Waals surface area contributed by atoms with E-state index in [0.29, 0.717) is 73.5 Å². The minimum absolute atomic E-state index is 0.0523. The molecule has 38 heavy (non-hydrogen) atoms. The zero-order chi connectivity index (χ0) is 26.3. The van der Waals surface area contributed by atoms with Crippen LogP contribution in [0.2, 0.25) is 0 Å². The van der Waals surface area contributed by atoms with E-state index in [4.69, 9.17) is 4.74 Å². The number of H-pyrrole nitrogens is 1. The fraction of sp³-hybridized carbons (Fsp3) is 0.448. The lowest BCUT2D eigenvalue weighted by Crippen LogP contribution is -2.52. The van der Waals surface area contributed by atoms with Gasteiger partial charge in [-0.05, 0) is 62.1 Å². The van der Waals surface area contributed by atoms with E-state index in [1.165, 1.54) is 12.8 Å². The number of aldehydes is 1. The van der Waals surface area contributed by atoms with Crippen LogP contribution in [-0.2, 0) is 19.6 Å². The molecule has 3 aromatic rings. The number of benzene rings is 2. The number of sulfonamides is 1. The van der Waals surface area contributed by atoms with Gasteiger partial charge in [0.05, 0.1) is 29.8 Å². The number of morpholine rings is 1. The first-order valence-corrected chi connectivity index (χ1v) is 15.0. The molecule has 3 aliphatic rings. The Bertz CT molecular complexity index is 1440. The van der Waals surface area contributed by atoms with Crippen molar-refractivity contribution in [2.45, 2.75) is 55.5 Å². The Labute approximate surface area is 222 Å². The Hall–Kier alpha value is -3.01. The Morgan fingerprint density at radius 2 is 1.79 bits per heavy atom. The standard InChI is InChI=1S/C29H33N3O5S/c33-17-25-24-13-12-23(16-26(24)30-28(25)20-4-2-1-3-5-20)38(35,36)31-22-10-8-21(9-11-22)29(34)32-14-15-37-18-27(32)19-6-7-19/h1-5,12-13,16-17,19,21-22,27,30-31H,6-11,14-15,18H2. The van der Waals surface area contributed by atoms with Crippen LogP contribution in [0.15, 0.2) is 53.4 Å². The van der Waals surface area contributed by atoms with Crippen molar-refractivity contribution in [3.63, 3.8) is 0 Å². The van der Waals surface area contributed by atoms with Crippen molar-refractivity contribution in [2.24, 2.45) is 11.8 Å². The number of aromatic amines is 1. The lowest BCUT2D eigenvalue weighted by atomic mass is 9.85. The van der Waals surface area contributed by atoms with Crippen LogP contribution in [-0.4, -0.2) is 62.3 Å². The summed E-state index contributed by atoms with van der Waals surface area (Å²) in [6, 6.07) is 14.3. The van der Waals surface area contributed by atoms with Crippen LogP contribution in [0.1, 0.15) is 48.9 Å². The highest BCUT2D eigenvalue weighted by molar-refractivity contribution is 7.89. The first-order valence-electron chi connectivity index (χ1n) is 13.5. The van der Waals surface area contributed by atoms with Crippen LogP contribution in [0.25, 0.3) is 22.2 Å². The lowest BCUT2D eigenvalue weighted by Gasteiger charge is -2.39. The Morgan fingerprint density at radius 1 is 1.03 bits per heavy atom. The number of aromatic nitrogens is 1. The fourth-order valence-electron chi connectivity index (χ4n) is 6.07. The van der Waals surface area contributed by atoms with Crippen LogP contribution in [0, 0.1) is 11.8 Å². The Kier molecular flexibility index (Phi) is 6.84. The molecule has 0 bridgehead atoms. The number of ether oxygens (including phenoxy) is 1. The Morgan fingerprint density at radius 3 is 2.50 bits per heavy atom. The summed E-state index contributed by atoms with van der Waals surface area (Å²) in [5.41, 5.74) is 2.64. The van der Waals surface area contributed by atoms with Crippen molar-refractivity contribution < 1.29 is 22.7 Å². The molecule has 1 atom stereocenters. The van der Waals surface area contributed by atoms with Gasteiger partial charge in [0.1, 0.15) is 0 Å². The zero-order valence-electron chi connectivity index (χ0n) is 21.3. The van der Waals surface area contributed by atoms with Gasteiger partial charge in [0, 0.05) is 35.0 Å². The van der Waals surface area contributed by atoms with Crippen molar-refractivity contribution in [3.8, 4) is 11.3 Å². The van der Waals surface area contributed by atoms with Crippen LogP contribution >= 0.6 is 0 Å². The smallest absolute Gasteiger partial charge is 0.240 e.